The summed E-state index contributed by atoms with van der Waals surface area (Å²) in [6.07, 6.45) is -4.38. The number of nitrogens with zero attached hydrogens (tertiary/aromatic N) is 6. The number of hydrogen-bond acceptors (Lipinski definition) is 8. The van der Waals surface area contributed by atoms with Crippen LogP contribution in [-0.2, 0) is 12.7 Å². The molecule has 11 heteroatoms. The number of hydrogen-bond donors (Lipinski definition) is 0. The Bertz CT molecular complexity index is 1250. The Morgan fingerprint density at radius 3 is 2.14 bits per heavy atom. The molecule has 0 radical (unpaired) electrons. The Morgan fingerprint density at radius 1 is 0.829 bits per heavy atom. The summed E-state index contributed by atoms with van der Waals surface area (Å²) < 4.78 is 49.1. The van der Waals surface area contributed by atoms with Crippen molar-refractivity contribution in [3.63, 3.8) is 0 Å². The van der Waals surface area contributed by atoms with Crippen molar-refractivity contribution in [2.24, 2.45) is 0 Å². The van der Waals surface area contributed by atoms with Crippen molar-refractivity contribution in [2.75, 3.05) is 26.2 Å². The highest BCUT2D eigenvalue weighted by atomic mass is 19.4. The summed E-state index contributed by atoms with van der Waals surface area (Å²) in [7, 11) is 0. The van der Waals surface area contributed by atoms with Crippen LogP contribution in [0.4, 0.5) is 13.2 Å². The number of benzene rings is 2. The monoisotopic (exact) mass is 484 g/mol. The SMILES string of the molecule is CC(c1nc(-c2ccccc2)no1)N1CCN(Cc2nc(-c3ccc(C(F)(F)F)cc3)no2)CC1. The highest BCUT2D eigenvalue weighted by Crippen LogP contribution is 2.30. The lowest BCUT2D eigenvalue weighted by Gasteiger charge is -2.36. The predicted octanol–water partition coefficient (Wildman–Crippen LogP) is 4.68. The van der Waals surface area contributed by atoms with Crippen LogP contribution in [0, 0.1) is 0 Å². The largest absolute Gasteiger partial charge is 0.416 e. The fourth-order valence-corrected chi connectivity index (χ4v) is 4.01. The van der Waals surface area contributed by atoms with Crippen molar-refractivity contribution in [1.82, 2.24) is 30.1 Å². The highest BCUT2D eigenvalue weighted by Gasteiger charge is 2.30. The maximum absolute atomic E-state index is 12.8. The van der Waals surface area contributed by atoms with Crippen molar-refractivity contribution in [2.45, 2.75) is 25.7 Å². The molecule has 1 aliphatic rings. The summed E-state index contributed by atoms with van der Waals surface area (Å²) in [5.74, 6) is 1.85. The Labute approximate surface area is 199 Å². The average Bonchev–Trinajstić information content (AvgIpc) is 3.55. The lowest BCUT2D eigenvalue weighted by molar-refractivity contribution is -0.137. The second-order valence-corrected chi connectivity index (χ2v) is 8.40. The second kappa shape index (κ2) is 9.59. The van der Waals surface area contributed by atoms with E-state index in [4.69, 9.17) is 9.05 Å². The van der Waals surface area contributed by atoms with Gasteiger partial charge in [0.2, 0.25) is 23.4 Å². The molecule has 0 bridgehead atoms. The molecule has 182 valence electrons. The van der Waals surface area contributed by atoms with Gasteiger partial charge in [0.15, 0.2) is 0 Å². The van der Waals surface area contributed by atoms with Gasteiger partial charge >= 0.3 is 6.18 Å². The van der Waals surface area contributed by atoms with Gasteiger partial charge in [0.1, 0.15) is 0 Å². The number of halogens is 3. The molecule has 1 saturated heterocycles. The zero-order valence-electron chi connectivity index (χ0n) is 18.9. The number of rotatable bonds is 6. The van der Waals surface area contributed by atoms with Crippen LogP contribution < -0.4 is 0 Å². The molecule has 1 unspecified atom stereocenters. The molecule has 1 fully saturated rings. The van der Waals surface area contributed by atoms with Gasteiger partial charge < -0.3 is 9.05 Å². The molecule has 2 aromatic carbocycles. The average molecular weight is 484 g/mol. The van der Waals surface area contributed by atoms with Crippen LogP contribution in [0.15, 0.2) is 63.6 Å². The van der Waals surface area contributed by atoms with Crippen LogP contribution in [0.25, 0.3) is 22.8 Å². The molecule has 0 aliphatic carbocycles. The molecule has 8 nitrogen and oxygen atoms in total. The molecule has 3 heterocycles. The fourth-order valence-electron chi connectivity index (χ4n) is 4.01. The third kappa shape index (κ3) is 5.25. The van der Waals surface area contributed by atoms with Gasteiger partial charge in [-0.05, 0) is 19.1 Å². The van der Waals surface area contributed by atoms with Gasteiger partial charge in [-0.3, -0.25) is 9.80 Å². The van der Waals surface area contributed by atoms with E-state index in [1.165, 1.54) is 12.1 Å². The number of piperazine rings is 1. The van der Waals surface area contributed by atoms with Crippen LogP contribution in [0.3, 0.4) is 0 Å². The van der Waals surface area contributed by atoms with E-state index in [9.17, 15) is 13.2 Å². The van der Waals surface area contributed by atoms with Crippen molar-refractivity contribution in [1.29, 1.82) is 0 Å². The van der Waals surface area contributed by atoms with Gasteiger partial charge in [0.25, 0.3) is 0 Å². The third-order valence-corrected chi connectivity index (χ3v) is 6.08. The molecule has 4 aromatic rings. The maximum Gasteiger partial charge on any atom is 0.416 e. The Kier molecular flexibility index (Phi) is 6.35. The first-order valence-electron chi connectivity index (χ1n) is 11.2. The number of alkyl halides is 3. The summed E-state index contributed by atoms with van der Waals surface area (Å²) in [5, 5.41) is 8.03. The molecule has 5 rings (SSSR count). The summed E-state index contributed by atoms with van der Waals surface area (Å²) in [5.41, 5.74) is 0.671. The minimum atomic E-state index is -4.38. The van der Waals surface area contributed by atoms with Gasteiger partial charge in [-0.2, -0.15) is 23.1 Å². The zero-order valence-corrected chi connectivity index (χ0v) is 18.9. The van der Waals surface area contributed by atoms with Gasteiger partial charge in [-0.1, -0.05) is 52.8 Å². The van der Waals surface area contributed by atoms with Crippen molar-refractivity contribution in [3.8, 4) is 22.8 Å². The first-order valence-corrected chi connectivity index (χ1v) is 11.2. The van der Waals surface area contributed by atoms with Gasteiger partial charge in [0, 0.05) is 37.3 Å². The predicted molar refractivity (Wildman–Crippen MR) is 120 cm³/mol. The molecule has 0 spiro atoms. The summed E-state index contributed by atoms with van der Waals surface area (Å²) in [6.45, 7) is 5.67. The number of aromatic nitrogens is 4. The van der Waals surface area contributed by atoms with Crippen molar-refractivity contribution >= 4 is 0 Å². The topological polar surface area (TPSA) is 84.3 Å². The lowest BCUT2D eigenvalue weighted by Crippen LogP contribution is -2.46. The van der Waals surface area contributed by atoms with E-state index in [2.05, 4.69) is 30.1 Å². The van der Waals surface area contributed by atoms with E-state index in [-0.39, 0.29) is 11.9 Å². The Hall–Kier alpha value is -3.57. The first kappa shape index (κ1) is 23.2. The summed E-state index contributed by atoms with van der Waals surface area (Å²) >= 11 is 0. The van der Waals surface area contributed by atoms with Crippen LogP contribution >= 0.6 is 0 Å². The molecular formula is C24H23F3N6O2. The minimum Gasteiger partial charge on any atom is -0.338 e. The quantitative estimate of drug-likeness (QED) is 0.390. The fraction of sp³-hybridized carbons (Fsp3) is 0.333. The third-order valence-electron chi connectivity index (χ3n) is 6.08. The van der Waals surface area contributed by atoms with Crippen molar-refractivity contribution < 1.29 is 22.2 Å². The van der Waals surface area contributed by atoms with E-state index in [0.29, 0.717) is 29.7 Å². The zero-order chi connectivity index (χ0) is 24.4. The van der Waals surface area contributed by atoms with E-state index >= 15 is 0 Å². The van der Waals surface area contributed by atoms with Gasteiger partial charge in [-0.25, -0.2) is 0 Å². The normalized spacial score (nSPS) is 16.5. The van der Waals surface area contributed by atoms with Crippen LogP contribution in [-0.4, -0.2) is 56.3 Å². The molecule has 2 aromatic heterocycles. The molecule has 1 atom stereocenters. The summed E-state index contributed by atoms with van der Waals surface area (Å²) in [6, 6.07) is 14.4. The van der Waals surface area contributed by atoms with Crippen LogP contribution in [0.5, 0.6) is 0 Å². The molecule has 0 N–H and O–H groups in total. The highest BCUT2D eigenvalue weighted by molar-refractivity contribution is 5.55. The standard InChI is InChI=1S/C24H23F3N6O2/c1-16(23-29-22(31-35-23)17-5-3-2-4-6-17)33-13-11-32(12-14-33)15-20-28-21(30-34-20)18-7-9-19(10-8-18)24(25,26)27/h2-10,16H,11-15H2,1H3. The molecule has 0 amide bonds. The van der Waals surface area contributed by atoms with Crippen LogP contribution in [0.2, 0.25) is 0 Å². The van der Waals surface area contributed by atoms with Gasteiger partial charge in [0.05, 0.1) is 18.2 Å². The summed E-state index contributed by atoms with van der Waals surface area (Å²) in [4.78, 5) is 13.4. The smallest absolute Gasteiger partial charge is 0.338 e. The van der Waals surface area contributed by atoms with E-state index in [0.717, 1.165) is 43.9 Å². The van der Waals surface area contributed by atoms with E-state index in [1.54, 1.807) is 0 Å². The van der Waals surface area contributed by atoms with E-state index < -0.39 is 11.7 Å². The molecular weight excluding hydrogens is 461 g/mol. The Morgan fingerprint density at radius 2 is 1.46 bits per heavy atom. The molecule has 1 aliphatic heterocycles. The second-order valence-electron chi connectivity index (χ2n) is 8.40. The first-order chi connectivity index (χ1) is 16.9. The van der Waals surface area contributed by atoms with Crippen LogP contribution in [0.1, 0.15) is 30.3 Å². The Balaban J connectivity index is 1.15. The minimum absolute atomic E-state index is 0.0169. The maximum atomic E-state index is 12.8. The van der Waals surface area contributed by atoms with Crippen molar-refractivity contribution in [3.05, 3.63) is 71.9 Å². The van der Waals surface area contributed by atoms with Gasteiger partial charge in [-0.15, -0.1) is 0 Å². The lowest BCUT2D eigenvalue weighted by atomic mass is 10.1. The van der Waals surface area contributed by atoms with E-state index in [1.807, 2.05) is 37.3 Å². The molecule has 35 heavy (non-hydrogen) atoms. The molecule has 0 saturated carbocycles.